The van der Waals surface area contributed by atoms with E-state index < -0.39 is 17.9 Å². The van der Waals surface area contributed by atoms with E-state index in [9.17, 15) is 14.4 Å². The van der Waals surface area contributed by atoms with Crippen molar-refractivity contribution in [3.8, 4) is 0 Å². The van der Waals surface area contributed by atoms with Crippen LogP contribution in [-0.2, 0) is 9.59 Å². The van der Waals surface area contributed by atoms with Crippen LogP contribution in [0.1, 0.15) is 6.42 Å². The average molecular weight is 258 g/mol. The highest BCUT2D eigenvalue weighted by atomic mass is 32.2. The number of carboxylic acid groups (broad SMARTS) is 1. The van der Waals surface area contributed by atoms with Crippen molar-refractivity contribution in [1.82, 2.24) is 10.2 Å². The van der Waals surface area contributed by atoms with Crippen molar-refractivity contribution in [3.05, 3.63) is 12.2 Å². The van der Waals surface area contributed by atoms with Gasteiger partial charge < -0.3 is 10.0 Å². The van der Waals surface area contributed by atoms with Crippen LogP contribution >= 0.6 is 11.8 Å². The SMILES string of the molecule is O=C(O)/C=C/C(=O)NC(=O)N1CCCSCC1. The lowest BCUT2D eigenvalue weighted by Gasteiger charge is -2.19. The fourth-order valence-electron chi connectivity index (χ4n) is 1.32. The molecule has 0 aliphatic carbocycles. The number of rotatable bonds is 2. The minimum absolute atomic E-state index is 0.465. The molecule has 7 heteroatoms. The van der Waals surface area contributed by atoms with E-state index in [1.807, 2.05) is 0 Å². The van der Waals surface area contributed by atoms with Crippen molar-refractivity contribution in [2.75, 3.05) is 24.6 Å². The monoisotopic (exact) mass is 258 g/mol. The summed E-state index contributed by atoms with van der Waals surface area (Å²) in [6.45, 7) is 1.22. The van der Waals surface area contributed by atoms with Crippen molar-refractivity contribution >= 4 is 29.7 Å². The van der Waals surface area contributed by atoms with Gasteiger partial charge in [-0.15, -0.1) is 0 Å². The van der Waals surface area contributed by atoms with Gasteiger partial charge in [0.15, 0.2) is 0 Å². The predicted molar refractivity (Wildman–Crippen MR) is 63.8 cm³/mol. The van der Waals surface area contributed by atoms with Gasteiger partial charge >= 0.3 is 12.0 Å². The molecule has 0 saturated carbocycles. The molecular weight excluding hydrogens is 244 g/mol. The van der Waals surface area contributed by atoms with Crippen LogP contribution in [0.4, 0.5) is 4.79 Å². The van der Waals surface area contributed by atoms with Crippen LogP contribution in [0, 0.1) is 0 Å². The molecule has 0 aromatic heterocycles. The Morgan fingerprint density at radius 3 is 2.65 bits per heavy atom. The predicted octanol–water partition coefficient (Wildman–Crippen LogP) is 0.302. The molecule has 3 amide bonds. The van der Waals surface area contributed by atoms with Crippen molar-refractivity contribution in [2.24, 2.45) is 0 Å². The zero-order valence-electron chi connectivity index (χ0n) is 9.22. The Morgan fingerprint density at radius 1 is 1.18 bits per heavy atom. The topological polar surface area (TPSA) is 86.7 Å². The first-order valence-electron chi connectivity index (χ1n) is 5.18. The number of hydrogen-bond donors (Lipinski definition) is 2. The van der Waals surface area contributed by atoms with Crippen molar-refractivity contribution in [3.63, 3.8) is 0 Å². The first-order chi connectivity index (χ1) is 8.09. The van der Waals surface area contributed by atoms with E-state index in [0.29, 0.717) is 19.2 Å². The molecule has 1 rings (SSSR count). The standard InChI is InChI=1S/C10H14N2O4S/c13-8(2-3-9(14)15)11-10(16)12-4-1-6-17-7-5-12/h2-3H,1,4-7H2,(H,14,15)(H,11,13,16)/b3-2+. The second-order valence-electron chi connectivity index (χ2n) is 3.42. The van der Waals surface area contributed by atoms with Crippen LogP contribution in [0.25, 0.3) is 0 Å². The molecule has 94 valence electrons. The molecule has 6 nitrogen and oxygen atoms in total. The molecule has 2 N–H and O–H groups in total. The van der Waals surface area contributed by atoms with Gasteiger partial charge in [0.05, 0.1) is 0 Å². The van der Waals surface area contributed by atoms with Crippen molar-refractivity contribution < 1.29 is 19.5 Å². The highest BCUT2D eigenvalue weighted by molar-refractivity contribution is 7.99. The van der Waals surface area contributed by atoms with Gasteiger partial charge in [0.1, 0.15) is 0 Å². The summed E-state index contributed by atoms with van der Waals surface area (Å²) in [5.41, 5.74) is 0. The van der Waals surface area contributed by atoms with Crippen LogP contribution < -0.4 is 5.32 Å². The Bertz CT molecular complexity index is 335. The Balaban J connectivity index is 2.41. The molecule has 1 fully saturated rings. The second-order valence-corrected chi connectivity index (χ2v) is 4.64. The molecule has 1 aliphatic rings. The Labute approximate surface area is 103 Å². The molecule has 1 heterocycles. The summed E-state index contributed by atoms with van der Waals surface area (Å²) in [5, 5.41) is 10.4. The molecule has 0 bridgehead atoms. The molecule has 0 radical (unpaired) electrons. The lowest BCUT2D eigenvalue weighted by molar-refractivity contribution is -0.131. The molecule has 17 heavy (non-hydrogen) atoms. The molecule has 0 spiro atoms. The average Bonchev–Trinajstić information content (AvgIpc) is 2.54. The molecule has 0 unspecified atom stereocenters. The summed E-state index contributed by atoms with van der Waals surface area (Å²) in [5.74, 6) is -0.0727. The van der Waals surface area contributed by atoms with Crippen LogP contribution in [-0.4, -0.2) is 52.5 Å². The maximum Gasteiger partial charge on any atom is 0.328 e. The van der Waals surface area contributed by atoms with Crippen LogP contribution in [0.15, 0.2) is 12.2 Å². The molecule has 0 aromatic carbocycles. The summed E-state index contributed by atoms with van der Waals surface area (Å²) in [4.78, 5) is 34.5. The normalized spacial score (nSPS) is 16.6. The second kappa shape index (κ2) is 6.95. The number of carbonyl (C=O) groups is 3. The third kappa shape index (κ3) is 5.39. The zero-order valence-corrected chi connectivity index (χ0v) is 10.0. The highest BCUT2D eigenvalue weighted by Crippen LogP contribution is 2.09. The number of thioether (sulfide) groups is 1. The van der Waals surface area contributed by atoms with Gasteiger partial charge in [0, 0.05) is 31.0 Å². The number of carboxylic acids is 1. The number of carbonyl (C=O) groups excluding carboxylic acids is 2. The Morgan fingerprint density at radius 2 is 1.94 bits per heavy atom. The van der Waals surface area contributed by atoms with Gasteiger partial charge in [-0.2, -0.15) is 11.8 Å². The van der Waals surface area contributed by atoms with Gasteiger partial charge in [-0.1, -0.05) is 0 Å². The minimum Gasteiger partial charge on any atom is -0.478 e. The lowest BCUT2D eigenvalue weighted by atomic mass is 10.4. The number of urea groups is 1. The molecule has 1 aliphatic heterocycles. The third-order valence-corrected chi connectivity index (χ3v) is 3.17. The largest absolute Gasteiger partial charge is 0.478 e. The molecule has 0 atom stereocenters. The summed E-state index contributed by atoms with van der Waals surface area (Å²) >= 11 is 1.77. The van der Waals surface area contributed by atoms with E-state index in [0.717, 1.165) is 24.0 Å². The Kier molecular flexibility index (Phi) is 5.55. The lowest BCUT2D eigenvalue weighted by Crippen LogP contribution is -2.43. The van der Waals surface area contributed by atoms with Gasteiger partial charge in [-0.3, -0.25) is 10.1 Å². The molecular formula is C10H14N2O4S. The van der Waals surface area contributed by atoms with E-state index in [-0.39, 0.29) is 0 Å². The fraction of sp³-hybridized carbons (Fsp3) is 0.500. The fourth-order valence-corrected chi connectivity index (χ4v) is 2.21. The number of amides is 3. The van der Waals surface area contributed by atoms with E-state index in [4.69, 9.17) is 5.11 Å². The summed E-state index contributed by atoms with van der Waals surface area (Å²) in [6.07, 6.45) is 2.42. The van der Waals surface area contributed by atoms with Gasteiger partial charge in [0.2, 0.25) is 0 Å². The van der Waals surface area contributed by atoms with Gasteiger partial charge in [-0.25, -0.2) is 9.59 Å². The quantitative estimate of drug-likeness (QED) is 0.696. The summed E-state index contributed by atoms with van der Waals surface area (Å²) in [6, 6.07) is -0.465. The van der Waals surface area contributed by atoms with Crippen molar-refractivity contribution in [2.45, 2.75) is 6.42 Å². The van der Waals surface area contributed by atoms with E-state index in [2.05, 4.69) is 5.32 Å². The summed E-state index contributed by atoms with van der Waals surface area (Å²) in [7, 11) is 0. The number of imide groups is 1. The molecule has 1 saturated heterocycles. The zero-order chi connectivity index (χ0) is 12.7. The molecule has 0 aromatic rings. The first kappa shape index (κ1) is 13.6. The first-order valence-corrected chi connectivity index (χ1v) is 6.33. The smallest absolute Gasteiger partial charge is 0.328 e. The maximum atomic E-state index is 11.6. The van der Waals surface area contributed by atoms with Crippen LogP contribution in [0.3, 0.4) is 0 Å². The van der Waals surface area contributed by atoms with Crippen LogP contribution in [0.2, 0.25) is 0 Å². The Hall–Kier alpha value is -1.50. The summed E-state index contributed by atoms with van der Waals surface area (Å²) < 4.78 is 0. The van der Waals surface area contributed by atoms with Gasteiger partial charge in [-0.05, 0) is 12.2 Å². The number of aliphatic carboxylic acids is 1. The maximum absolute atomic E-state index is 11.6. The van der Waals surface area contributed by atoms with E-state index in [1.54, 1.807) is 16.7 Å². The van der Waals surface area contributed by atoms with E-state index >= 15 is 0 Å². The van der Waals surface area contributed by atoms with Gasteiger partial charge in [0.25, 0.3) is 5.91 Å². The van der Waals surface area contributed by atoms with Crippen LogP contribution in [0.5, 0.6) is 0 Å². The number of nitrogens with one attached hydrogen (secondary N) is 1. The minimum atomic E-state index is -1.22. The van der Waals surface area contributed by atoms with Crippen molar-refractivity contribution in [1.29, 1.82) is 0 Å². The third-order valence-electron chi connectivity index (χ3n) is 2.12. The number of hydrogen-bond acceptors (Lipinski definition) is 4. The van der Waals surface area contributed by atoms with E-state index in [1.165, 1.54) is 0 Å². The highest BCUT2D eigenvalue weighted by Gasteiger charge is 2.16. The number of nitrogens with zero attached hydrogens (tertiary/aromatic N) is 1.